The first kappa shape index (κ1) is 11.7. The Labute approximate surface area is 88.5 Å². The van der Waals surface area contributed by atoms with E-state index in [1.54, 1.807) is 26.0 Å². The second-order valence-electron chi connectivity index (χ2n) is 3.57. The Kier molecular flexibility index (Phi) is 3.80. The molecule has 3 N–H and O–H groups in total. The summed E-state index contributed by atoms with van der Waals surface area (Å²) in [6.07, 6.45) is 0. The van der Waals surface area contributed by atoms with Gasteiger partial charge < -0.3 is 11.1 Å². The Balaban J connectivity index is 2.78. The Morgan fingerprint density at radius 1 is 1.60 bits per heavy atom. The highest BCUT2D eigenvalue weighted by atomic mass is 19.1. The first-order valence-electron chi connectivity index (χ1n) is 4.81. The predicted molar refractivity (Wildman–Crippen MR) is 57.1 cm³/mol. The molecule has 1 rings (SSSR count). The summed E-state index contributed by atoms with van der Waals surface area (Å²) < 4.78 is 13.2. The molecule has 0 heterocycles. The molecule has 1 aromatic carbocycles. The monoisotopic (exact) mass is 210 g/mol. The topological polar surface area (TPSA) is 55.1 Å². The minimum Gasteiger partial charge on any atom is -0.348 e. The van der Waals surface area contributed by atoms with Crippen LogP contribution in [-0.4, -0.2) is 18.5 Å². The first-order chi connectivity index (χ1) is 7.04. The van der Waals surface area contributed by atoms with E-state index in [2.05, 4.69) is 5.32 Å². The summed E-state index contributed by atoms with van der Waals surface area (Å²) in [6, 6.07) is 4.30. The standard InChI is InChI=1S/C11H15FN2O/c1-7-3-4-9(5-10(7)12)11(15)14-8(2)6-13/h3-5,8H,6,13H2,1-2H3,(H,14,15)/t8-/m0/s1. The summed E-state index contributed by atoms with van der Waals surface area (Å²) in [5.41, 5.74) is 6.21. The molecule has 1 aromatic rings. The van der Waals surface area contributed by atoms with Crippen molar-refractivity contribution in [2.75, 3.05) is 6.54 Å². The fourth-order valence-corrected chi connectivity index (χ4v) is 1.10. The average Bonchev–Trinajstić information content (AvgIpc) is 2.21. The van der Waals surface area contributed by atoms with Crippen LogP contribution in [0.1, 0.15) is 22.8 Å². The molecule has 0 spiro atoms. The number of amides is 1. The van der Waals surface area contributed by atoms with Gasteiger partial charge in [0.25, 0.3) is 5.91 Å². The summed E-state index contributed by atoms with van der Waals surface area (Å²) in [5, 5.41) is 2.66. The van der Waals surface area contributed by atoms with Gasteiger partial charge in [-0.05, 0) is 31.5 Å². The number of carbonyl (C=O) groups excluding carboxylic acids is 1. The number of halogens is 1. The van der Waals surface area contributed by atoms with Gasteiger partial charge in [-0.25, -0.2) is 4.39 Å². The summed E-state index contributed by atoms with van der Waals surface area (Å²) >= 11 is 0. The number of nitrogens with one attached hydrogen (secondary N) is 1. The Hall–Kier alpha value is -1.42. The highest BCUT2D eigenvalue weighted by Crippen LogP contribution is 2.09. The lowest BCUT2D eigenvalue weighted by atomic mass is 10.1. The van der Waals surface area contributed by atoms with Crippen molar-refractivity contribution in [1.29, 1.82) is 0 Å². The van der Waals surface area contributed by atoms with Gasteiger partial charge in [0.05, 0.1) is 0 Å². The van der Waals surface area contributed by atoms with Gasteiger partial charge in [-0.2, -0.15) is 0 Å². The van der Waals surface area contributed by atoms with Crippen molar-refractivity contribution in [2.45, 2.75) is 19.9 Å². The van der Waals surface area contributed by atoms with E-state index in [1.165, 1.54) is 6.07 Å². The van der Waals surface area contributed by atoms with Crippen molar-refractivity contribution >= 4 is 5.91 Å². The molecule has 1 atom stereocenters. The van der Waals surface area contributed by atoms with E-state index >= 15 is 0 Å². The molecule has 0 fully saturated rings. The van der Waals surface area contributed by atoms with Gasteiger partial charge >= 0.3 is 0 Å². The van der Waals surface area contributed by atoms with Gasteiger partial charge in [0.2, 0.25) is 0 Å². The van der Waals surface area contributed by atoms with E-state index < -0.39 is 0 Å². The van der Waals surface area contributed by atoms with E-state index in [1.807, 2.05) is 0 Å². The number of carbonyl (C=O) groups is 1. The van der Waals surface area contributed by atoms with Crippen molar-refractivity contribution in [2.24, 2.45) is 5.73 Å². The largest absolute Gasteiger partial charge is 0.348 e. The lowest BCUT2D eigenvalue weighted by Gasteiger charge is -2.11. The van der Waals surface area contributed by atoms with Crippen LogP contribution in [0.5, 0.6) is 0 Å². The molecule has 0 saturated heterocycles. The summed E-state index contributed by atoms with van der Waals surface area (Å²) in [7, 11) is 0. The lowest BCUT2D eigenvalue weighted by Crippen LogP contribution is -2.37. The molecule has 0 aliphatic carbocycles. The third-order valence-corrected chi connectivity index (χ3v) is 2.17. The number of nitrogens with two attached hydrogens (primary N) is 1. The summed E-state index contributed by atoms with van der Waals surface area (Å²) in [5.74, 6) is -0.671. The summed E-state index contributed by atoms with van der Waals surface area (Å²) in [4.78, 5) is 11.5. The van der Waals surface area contributed by atoms with Crippen molar-refractivity contribution in [3.63, 3.8) is 0 Å². The zero-order valence-electron chi connectivity index (χ0n) is 8.88. The molecule has 0 unspecified atom stereocenters. The van der Waals surface area contributed by atoms with E-state index in [0.29, 0.717) is 17.7 Å². The van der Waals surface area contributed by atoms with Crippen molar-refractivity contribution < 1.29 is 9.18 Å². The van der Waals surface area contributed by atoms with Gasteiger partial charge in [0.15, 0.2) is 0 Å². The van der Waals surface area contributed by atoms with E-state index in [0.717, 1.165) is 0 Å². The van der Waals surface area contributed by atoms with Crippen molar-refractivity contribution in [3.05, 3.63) is 35.1 Å². The van der Waals surface area contributed by atoms with E-state index in [-0.39, 0.29) is 17.8 Å². The van der Waals surface area contributed by atoms with E-state index in [4.69, 9.17) is 5.73 Å². The zero-order valence-corrected chi connectivity index (χ0v) is 8.88. The lowest BCUT2D eigenvalue weighted by molar-refractivity contribution is 0.0941. The van der Waals surface area contributed by atoms with Crippen molar-refractivity contribution in [1.82, 2.24) is 5.32 Å². The molecule has 0 aliphatic rings. The number of aryl methyl sites for hydroxylation is 1. The highest BCUT2D eigenvalue weighted by molar-refractivity contribution is 5.94. The molecule has 82 valence electrons. The zero-order chi connectivity index (χ0) is 11.4. The molecule has 0 aliphatic heterocycles. The third-order valence-electron chi connectivity index (χ3n) is 2.17. The Morgan fingerprint density at radius 3 is 2.80 bits per heavy atom. The maximum absolute atomic E-state index is 13.2. The minimum absolute atomic E-state index is 0.109. The Morgan fingerprint density at radius 2 is 2.27 bits per heavy atom. The van der Waals surface area contributed by atoms with Gasteiger partial charge in [-0.3, -0.25) is 4.79 Å². The van der Waals surface area contributed by atoms with Crippen LogP contribution in [-0.2, 0) is 0 Å². The van der Waals surface area contributed by atoms with Crippen LogP contribution in [0.2, 0.25) is 0 Å². The third kappa shape index (κ3) is 3.02. The molecule has 1 amide bonds. The van der Waals surface area contributed by atoms with Gasteiger partial charge in [-0.15, -0.1) is 0 Å². The molecule has 0 saturated carbocycles. The number of benzene rings is 1. The van der Waals surface area contributed by atoms with Gasteiger partial charge in [0, 0.05) is 18.2 Å². The van der Waals surface area contributed by atoms with Crippen LogP contribution in [0, 0.1) is 12.7 Å². The molecule has 0 aromatic heterocycles. The fraction of sp³-hybridized carbons (Fsp3) is 0.364. The number of rotatable bonds is 3. The fourth-order valence-electron chi connectivity index (χ4n) is 1.10. The maximum atomic E-state index is 13.2. The SMILES string of the molecule is Cc1ccc(C(=O)N[C@@H](C)CN)cc1F. The molecule has 4 heteroatoms. The molecule has 15 heavy (non-hydrogen) atoms. The molecular weight excluding hydrogens is 195 g/mol. The quantitative estimate of drug-likeness (QED) is 0.788. The van der Waals surface area contributed by atoms with Crippen LogP contribution in [0.3, 0.4) is 0 Å². The maximum Gasteiger partial charge on any atom is 0.251 e. The molecule has 0 radical (unpaired) electrons. The normalized spacial score (nSPS) is 12.3. The average molecular weight is 210 g/mol. The van der Waals surface area contributed by atoms with Crippen LogP contribution in [0.4, 0.5) is 4.39 Å². The summed E-state index contributed by atoms with van der Waals surface area (Å²) in [6.45, 7) is 3.81. The number of hydrogen-bond donors (Lipinski definition) is 2. The van der Waals surface area contributed by atoms with Crippen LogP contribution < -0.4 is 11.1 Å². The second kappa shape index (κ2) is 4.89. The Bertz CT molecular complexity index is 366. The van der Waals surface area contributed by atoms with E-state index in [9.17, 15) is 9.18 Å². The van der Waals surface area contributed by atoms with Gasteiger partial charge in [-0.1, -0.05) is 6.07 Å². The predicted octanol–water partition coefficient (Wildman–Crippen LogP) is 1.21. The van der Waals surface area contributed by atoms with Crippen molar-refractivity contribution in [3.8, 4) is 0 Å². The highest BCUT2D eigenvalue weighted by Gasteiger charge is 2.09. The number of hydrogen-bond acceptors (Lipinski definition) is 2. The minimum atomic E-state index is -0.372. The first-order valence-corrected chi connectivity index (χ1v) is 4.81. The van der Waals surface area contributed by atoms with Crippen LogP contribution >= 0.6 is 0 Å². The smallest absolute Gasteiger partial charge is 0.251 e. The second-order valence-corrected chi connectivity index (χ2v) is 3.57. The van der Waals surface area contributed by atoms with Crippen LogP contribution in [0.15, 0.2) is 18.2 Å². The molecule has 0 bridgehead atoms. The molecular formula is C11H15FN2O. The van der Waals surface area contributed by atoms with Gasteiger partial charge in [0.1, 0.15) is 5.82 Å². The molecule has 3 nitrogen and oxygen atoms in total. The van der Waals surface area contributed by atoms with Crippen LogP contribution in [0.25, 0.3) is 0 Å².